The summed E-state index contributed by atoms with van der Waals surface area (Å²) < 4.78 is 0. The highest BCUT2D eigenvalue weighted by atomic mass is 16.3. The van der Waals surface area contributed by atoms with Crippen LogP contribution < -0.4 is 5.32 Å². The van der Waals surface area contributed by atoms with Gasteiger partial charge in [0.05, 0.1) is 12.3 Å². The Morgan fingerprint density at radius 2 is 2.06 bits per heavy atom. The van der Waals surface area contributed by atoms with E-state index in [0.29, 0.717) is 0 Å². The third-order valence-corrected chi connectivity index (χ3v) is 2.67. The van der Waals surface area contributed by atoms with Crippen molar-refractivity contribution >= 4 is 0 Å². The van der Waals surface area contributed by atoms with Crippen molar-refractivity contribution in [1.82, 2.24) is 10.3 Å². The third-order valence-electron chi connectivity index (χ3n) is 2.67. The number of aliphatic hydroxyl groups excluding tert-OH is 1. The van der Waals surface area contributed by atoms with Gasteiger partial charge < -0.3 is 10.4 Å². The zero-order valence-electron chi connectivity index (χ0n) is 9.85. The monoisotopic (exact) mass is 228 g/mol. The average Bonchev–Trinajstić information content (AvgIpc) is 2.39. The first-order chi connectivity index (χ1) is 8.35. The van der Waals surface area contributed by atoms with Gasteiger partial charge in [0.15, 0.2) is 0 Å². The number of rotatable bonds is 4. The molecule has 2 N–H and O–H groups in total. The van der Waals surface area contributed by atoms with E-state index >= 15 is 0 Å². The number of nitrogens with one attached hydrogen (secondary N) is 1. The molecule has 0 saturated heterocycles. The van der Waals surface area contributed by atoms with Gasteiger partial charge in [-0.25, -0.2) is 0 Å². The normalized spacial score (nSPS) is 10.5. The van der Waals surface area contributed by atoms with Crippen LogP contribution in [0.4, 0.5) is 0 Å². The summed E-state index contributed by atoms with van der Waals surface area (Å²) in [7, 11) is 1.92. The lowest BCUT2D eigenvalue weighted by atomic mass is 10.0. The highest BCUT2D eigenvalue weighted by Gasteiger charge is 2.05. The van der Waals surface area contributed by atoms with Crippen molar-refractivity contribution in [3.05, 3.63) is 53.7 Å². The third kappa shape index (κ3) is 2.70. The number of pyridine rings is 1. The van der Waals surface area contributed by atoms with Crippen molar-refractivity contribution in [2.75, 3.05) is 7.05 Å². The summed E-state index contributed by atoms with van der Waals surface area (Å²) in [5.74, 6) is 0. The van der Waals surface area contributed by atoms with Crippen LogP contribution in [0.5, 0.6) is 0 Å². The van der Waals surface area contributed by atoms with Gasteiger partial charge in [0.25, 0.3) is 0 Å². The number of hydrogen-bond acceptors (Lipinski definition) is 3. The van der Waals surface area contributed by atoms with Gasteiger partial charge in [-0.05, 0) is 30.3 Å². The number of benzene rings is 1. The van der Waals surface area contributed by atoms with Gasteiger partial charge in [-0.3, -0.25) is 4.98 Å². The van der Waals surface area contributed by atoms with Crippen LogP contribution in [-0.2, 0) is 13.2 Å². The maximum atomic E-state index is 9.31. The number of aromatic nitrogens is 1. The second kappa shape index (κ2) is 5.57. The van der Waals surface area contributed by atoms with Crippen LogP contribution in [-0.4, -0.2) is 17.1 Å². The van der Waals surface area contributed by atoms with Gasteiger partial charge >= 0.3 is 0 Å². The maximum absolute atomic E-state index is 9.31. The largest absolute Gasteiger partial charge is 0.392 e. The minimum Gasteiger partial charge on any atom is -0.392 e. The molecule has 0 aliphatic rings. The molecule has 1 heterocycles. The minimum atomic E-state index is 0.0358. The van der Waals surface area contributed by atoms with Crippen LogP contribution in [0.2, 0.25) is 0 Å². The Morgan fingerprint density at radius 1 is 1.24 bits per heavy atom. The predicted molar refractivity (Wildman–Crippen MR) is 68.4 cm³/mol. The van der Waals surface area contributed by atoms with Crippen molar-refractivity contribution in [1.29, 1.82) is 0 Å². The fraction of sp³-hybridized carbons (Fsp3) is 0.214. The second-order valence-corrected chi connectivity index (χ2v) is 3.89. The first-order valence-corrected chi connectivity index (χ1v) is 5.64. The highest BCUT2D eigenvalue weighted by molar-refractivity contribution is 5.63. The van der Waals surface area contributed by atoms with E-state index in [1.807, 2.05) is 43.4 Å². The van der Waals surface area contributed by atoms with Crippen molar-refractivity contribution in [3.8, 4) is 11.3 Å². The van der Waals surface area contributed by atoms with Gasteiger partial charge in [-0.1, -0.05) is 24.3 Å². The van der Waals surface area contributed by atoms with Crippen LogP contribution >= 0.6 is 0 Å². The highest BCUT2D eigenvalue weighted by Crippen LogP contribution is 2.22. The molecule has 0 fully saturated rings. The van der Waals surface area contributed by atoms with E-state index in [1.54, 1.807) is 6.20 Å². The molecule has 2 rings (SSSR count). The van der Waals surface area contributed by atoms with E-state index in [9.17, 15) is 5.11 Å². The van der Waals surface area contributed by atoms with E-state index in [4.69, 9.17) is 0 Å². The summed E-state index contributed by atoms with van der Waals surface area (Å²) in [6.45, 7) is 0.852. The topological polar surface area (TPSA) is 45.2 Å². The lowest BCUT2D eigenvalue weighted by Gasteiger charge is -2.08. The molecule has 2 aromatic rings. The summed E-state index contributed by atoms with van der Waals surface area (Å²) in [6.07, 6.45) is 1.80. The van der Waals surface area contributed by atoms with Crippen LogP contribution in [0.25, 0.3) is 11.3 Å². The lowest BCUT2D eigenvalue weighted by molar-refractivity contribution is 0.282. The molecule has 0 atom stereocenters. The molecule has 0 spiro atoms. The molecule has 1 aromatic carbocycles. The van der Waals surface area contributed by atoms with E-state index in [2.05, 4.69) is 10.3 Å². The number of aliphatic hydroxyl groups is 1. The molecule has 0 aliphatic heterocycles. The Labute approximate surface area is 101 Å². The molecule has 0 unspecified atom stereocenters. The molecule has 88 valence electrons. The molecule has 0 saturated carbocycles. The standard InChI is InChI=1S/C14H16N2O/c1-15-9-11-6-7-16-14(8-11)13-5-3-2-4-12(13)10-17/h2-8,15,17H,9-10H2,1H3. The Kier molecular flexibility index (Phi) is 3.85. The SMILES string of the molecule is CNCc1ccnc(-c2ccccc2CO)c1. The quantitative estimate of drug-likeness (QED) is 0.841. The Hall–Kier alpha value is -1.71. The van der Waals surface area contributed by atoms with Crippen molar-refractivity contribution < 1.29 is 5.11 Å². The number of hydrogen-bond donors (Lipinski definition) is 2. The van der Waals surface area contributed by atoms with Crippen LogP contribution in [0, 0.1) is 0 Å². The zero-order chi connectivity index (χ0) is 12.1. The first kappa shape index (κ1) is 11.8. The lowest BCUT2D eigenvalue weighted by Crippen LogP contribution is -2.05. The minimum absolute atomic E-state index is 0.0358. The molecular weight excluding hydrogens is 212 g/mol. The average molecular weight is 228 g/mol. The summed E-state index contributed by atoms with van der Waals surface area (Å²) in [5.41, 5.74) is 3.99. The summed E-state index contributed by atoms with van der Waals surface area (Å²) in [4.78, 5) is 4.36. The predicted octanol–water partition coefficient (Wildman–Crippen LogP) is 1.96. The molecular formula is C14H16N2O. The second-order valence-electron chi connectivity index (χ2n) is 3.89. The maximum Gasteiger partial charge on any atom is 0.0708 e. The van der Waals surface area contributed by atoms with Gasteiger partial charge in [0.2, 0.25) is 0 Å². The van der Waals surface area contributed by atoms with Gasteiger partial charge in [-0.2, -0.15) is 0 Å². The molecule has 1 aromatic heterocycles. The van der Waals surface area contributed by atoms with Crippen LogP contribution in [0.15, 0.2) is 42.6 Å². The van der Waals surface area contributed by atoms with Crippen LogP contribution in [0.1, 0.15) is 11.1 Å². The first-order valence-electron chi connectivity index (χ1n) is 5.64. The van der Waals surface area contributed by atoms with Crippen molar-refractivity contribution in [2.45, 2.75) is 13.2 Å². The molecule has 0 radical (unpaired) electrons. The van der Waals surface area contributed by atoms with Gasteiger partial charge in [-0.15, -0.1) is 0 Å². The van der Waals surface area contributed by atoms with E-state index < -0.39 is 0 Å². The zero-order valence-corrected chi connectivity index (χ0v) is 9.85. The van der Waals surface area contributed by atoms with Gasteiger partial charge in [0, 0.05) is 18.3 Å². The fourth-order valence-electron chi connectivity index (χ4n) is 1.84. The Balaban J connectivity index is 2.41. The molecule has 3 heteroatoms. The van der Waals surface area contributed by atoms with E-state index in [-0.39, 0.29) is 6.61 Å². The number of nitrogens with zero attached hydrogens (tertiary/aromatic N) is 1. The molecule has 0 bridgehead atoms. The molecule has 3 nitrogen and oxygen atoms in total. The molecule has 0 aliphatic carbocycles. The molecule has 0 amide bonds. The van der Waals surface area contributed by atoms with E-state index in [1.165, 1.54) is 5.56 Å². The summed E-state index contributed by atoms with van der Waals surface area (Å²) >= 11 is 0. The fourth-order valence-corrected chi connectivity index (χ4v) is 1.84. The summed E-state index contributed by atoms with van der Waals surface area (Å²) in [5, 5.41) is 12.4. The van der Waals surface area contributed by atoms with Crippen molar-refractivity contribution in [3.63, 3.8) is 0 Å². The van der Waals surface area contributed by atoms with Crippen molar-refractivity contribution in [2.24, 2.45) is 0 Å². The smallest absolute Gasteiger partial charge is 0.0708 e. The Morgan fingerprint density at radius 3 is 2.82 bits per heavy atom. The molecule has 17 heavy (non-hydrogen) atoms. The van der Waals surface area contributed by atoms with Crippen LogP contribution in [0.3, 0.4) is 0 Å². The van der Waals surface area contributed by atoms with E-state index in [0.717, 1.165) is 23.4 Å². The van der Waals surface area contributed by atoms with Gasteiger partial charge in [0.1, 0.15) is 0 Å². The Bertz CT molecular complexity index is 497. The summed E-state index contributed by atoms with van der Waals surface area (Å²) in [6, 6.07) is 11.8.